The number of hydrogen-bond donors (Lipinski definition) is 1. The summed E-state index contributed by atoms with van der Waals surface area (Å²) in [6.07, 6.45) is 5.10. The molecule has 1 atom stereocenters. The minimum absolute atomic E-state index is 0.0142. The molecule has 22 heavy (non-hydrogen) atoms. The molecule has 0 radical (unpaired) electrons. The highest BCUT2D eigenvalue weighted by molar-refractivity contribution is 5.69. The number of esters is 1. The zero-order chi connectivity index (χ0) is 16.2. The minimum atomic E-state index is -0.802. The molecule has 1 aromatic carbocycles. The lowest BCUT2D eigenvalue weighted by Gasteiger charge is -2.14. The van der Waals surface area contributed by atoms with Crippen LogP contribution in [0.15, 0.2) is 24.3 Å². The number of ether oxygens (including phenoxy) is 2. The summed E-state index contributed by atoms with van der Waals surface area (Å²) in [5.74, 6) is 0.496. The molecule has 0 bridgehead atoms. The maximum absolute atomic E-state index is 11.5. The van der Waals surface area contributed by atoms with E-state index in [1.54, 1.807) is 0 Å². The number of aryl methyl sites for hydroxylation is 1. The van der Waals surface area contributed by atoms with E-state index in [2.05, 4.69) is 6.92 Å². The van der Waals surface area contributed by atoms with Crippen molar-refractivity contribution in [1.82, 2.24) is 0 Å². The molecule has 1 rings (SSSR count). The first kappa shape index (κ1) is 18.5. The zero-order valence-corrected chi connectivity index (χ0v) is 13.7. The Hall–Kier alpha value is -1.55. The standard InChI is InChI=1S/C18H28O4/c1-3-4-5-6-7-12-18(20)22-14-16(19)13-21-17-11-9-8-10-15(17)2/h8-11,16,19H,3-7,12-14H2,1-2H3. The van der Waals surface area contributed by atoms with E-state index in [1.807, 2.05) is 31.2 Å². The van der Waals surface area contributed by atoms with Crippen LogP contribution in [0.5, 0.6) is 5.75 Å². The molecule has 1 N–H and O–H groups in total. The molecule has 0 heterocycles. The lowest BCUT2D eigenvalue weighted by atomic mass is 10.1. The number of unbranched alkanes of at least 4 members (excludes halogenated alkanes) is 4. The van der Waals surface area contributed by atoms with E-state index in [0.29, 0.717) is 6.42 Å². The molecule has 0 aliphatic heterocycles. The Morgan fingerprint density at radius 3 is 2.59 bits per heavy atom. The molecule has 4 heteroatoms. The van der Waals surface area contributed by atoms with Gasteiger partial charge < -0.3 is 14.6 Å². The maximum atomic E-state index is 11.5. The normalized spacial score (nSPS) is 12.0. The maximum Gasteiger partial charge on any atom is 0.305 e. The van der Waals surface area contributed by atoms with Crippen molar-refractivity contribution in [3.8, 4) is 5.75 Å². The minimum Gasteiger partial charge on any atom is -0.490 e. The molecular weight excluding hydrogens is 280 g/mol. The second-order valence-corrected chi connectivity index (χ2v) is 5.58. The van der Waals surface area contributed by atoms with Crippen LogP contribution in [0.4, 0.5) is 0 Å². The van der Waals surface area contributed by atoms with Crippen molar-refractivity contribution in [2.45, 2.75) is 58.5 Å². The number of aliphatic hydroxyl groups excluding tert-OH is 1. The van der Waals surface area contributed by atoms with Gasteiger partial charge >= 0.3 is 5.97 Å². The van der Waals surface area contributed by atoms with E-state index in [-0.39, 0.29) is 19.2 Å². The Bertz CT molecular complexity index is 431. The van der Waals surface area contributed by atoms with Crippen LogP contribution in [0.2, 0.25) is 0 Å². The van der Waals surface area contributed by atoms with Crippen LogP contribution in [0.1, 0.15) is 51.0 Å². The van der Waals surface area contributed by atoms with E-state index >= 15 is 0 Å². The summed E-state index contributed by atoms with van der Waals surface area (Å²) in [6, 6.07) is 7.61. The fourth-order valence-corrected chi connectivity index (χ4v) is 2.09. The largest absolute Gasteiger partial charge is 0.490 e. The van der Waals surface area contributed by atoms with Crippen molar-refractivity contribution in [1.29, 1.82) is 0 Å². The number of carbonyl (C=O) groups is 1. The smallest absolute Gasteiger partial charge is 0.305 e. The molecule has 0 fully saturated rings. The Morgan fingerprint density at radius 1 is 1.14 bits per heavy atom. The average Bonchev–Trinajstić information content (AvgIpc) is 2.52. The molecule has 1 unspecified atom stereocenters. The van der Waals surface area contributed by atoms with Gasteiger partial charge in [-0.3, -0.25) is 4.79 Å². The molecule has 0 saturated carbocycles. The van der Waals surface area contributed by atoms with Crippen molar-refractivity contribution in [2.75, 3.05) is 13.2 Å². The van der Waals surface area contributed by atoms with Crippen LogP contribution < -0.4 is 4.74 Å². The Labute approximate surface area is 133 Å². The second-order valence-electron chi connectivity index (χ2n) is 5.58. The molecular formula is C18H28O4. The van der Waals surface area contributed by atoms with Gasteiger partial charge in [0, 0.05) is 6.42 Å². The van der Waals surface area contributed by atoms with Crippen molar-refractivity contribution in [3.05, 3.63) is 29.8 Å². The Balaban J connectivity index is 2.11. The molecule has 0 saturated heterocycles. The summed E-state index contributed by atoms with van der Waals surface area (Å²) in [7, 11) is 0. The van der Waals surface area contributed by atoms with E-state index in [9.17, 15) is 9.90 Å². The van der Waals surface area contributed by atoms with Gasteiger partial charge in [-0.25, -0.2) is 0 Å². The number of hydrogen-bond acceptors (Lipinski definition) is 4. The molecule has 0 aliphatic carbocycles. The van der Waals surface area contributed by atoms with Gasteiger partial charge in [-0.1, -0.05) is 50.8 Å². The molecule has 0 aliphatic rings. The van der Waals surface area contributed by atoms with E-state index < -0.39 is 6.10 Å². The van der Waals surface area contributed by atoms with Crippen molar-refractivity contribution >= 4 is 5.97 Å². The summed E-state index contributed by atoms with van der Waals surface area (Å²) < 4.78 is 10.6. The molecule has 0 spiro atoms. The fraction of sp³-hybridized carbons (Fsp3) is 0.611. The van der Waals surface area contributed by atoms with Gasteiger partial charge in [-0.05, 0) is 25.0 Å². The SMILES string of the molecule is CCCCCCCC(=O)OCC(O)COc1ccccc1C. The van der Waals surface area contributed by atoms with E-state index in [4.69, 9.17) is 9.47 Å². The van der Waals surface area contributed by atoms with Crippen LogP contribution in [0.3, 0.4) is 0 Å². The van der Waals surface area contributed by atoms with Gasteiger partial charge in [-0.15, -0.1) is 0 Å². The predicted molar refractivity (Wildman–Crippen MR) is 87.0 cm³/mol. The highest BCUT2D eigenvalue weighted by Crippen LogP contribution is 2.16. The van der Waals surface area contributed by atoms with Crippen LogP contribution >= 0.6 is 0 Å². The van der Waals surface area contributed by atoms with Gasteiger partial charge in [0.15, 0.2) is 0 Å². The summed E-state index contributed by atoms with van der Waals surface area (Å²) >= 11 is 0. The third kappa shape index (κ3) is 8.03. The monoisotopic (exact) mass is 308 g/mol. The van der Waals surface area contributed by atoms with Crippen LogP contribution in [0, 0.1) is 6.92 Å². The number of carbonyl (C=O) groups excluding carboxylic acids is 1. The van der Waals surface area contributed by atoms with Crippen molar-refractivity contribution in [2.24, 2.45) is 0 Å². The van der Waals surface area contributed by atoms with Crippen LogP contribution in [-0.4, -0.2) is 30.4 Å². The zero-order valence-electron chi connectivity index (χ0n) is 13.7. The highest BCUT2D eigenvalue weighted by atomic mass is 16.5. The van der Waals surface area contributed by atoms with E-state index in [1.165, 1.54) is 12.8 Å². The average molecular weight is 308 g/mol. The number of benzene rings is 1. The third-order valence-corrected chi connectivity index (χ3v) is 3.45. The van der Waals surface area contributed by atoms with Gasteiger partial charge in [0.05, 0.1) is 0 Å². The predicted octanol–water partition coefficient (Wildman–Crippen LogP) is 3.64. The third-order valence-electron chi connectivity index (χ3n) is 3.45. The fourth-order valence-electron chi connectivity index (χ4n) is 2.09. The summed E-state index contributed by atoms with van der Waals surface area (Å²) in [5, 5.41) is 9.79. The van der Waals surface area contributed by atoms with Crippen LogP contribution in [-0.2, 0) is 9.53 Å². The van der Waals surface area contributed by atoms with Crippen LogP contribution in [0.25, 0.3) is 0 Å². The van der Waals surface area contributed by atoms with Gasteiger partial charge in [0.25, 0.3) is 0 Å². The summed E-state index contributed by atoms with van der Waals surface area (Å²) in [4.78, 5) is 11.5. The number of rotatable bonds is 11. The Kier molecular flexibility index (Phi) is 9.31. The van der Waals surface area contributed by atoms with Crippen molar-refractivity contribution < 1.29 is 19.4 Å². The first-order chi connectivity index (χ1) is 10.6. The molecule has 4 nitrogen and oxygen atoms in total. The molecule has 124 valence electrons. The molecule has 1 aromatic rings. The first-order valence-electron chi connectivity index (χ1n) is 8.15. The van der Waals surface area contributed by atoms with E-state index in [0.717, 1.165) is 30.6 Å². The first-order valence-corrected chi connectivity index (χ1v) is 8.15. The van der Waals surface area contributed by atoms with Gasteiger partial charge in [0.2, 0.25) is 0 Å². The summed E-state index contributed by atoms with van der Waals surface area (Å²) in [5.41, 5.74) is 1.01. The van der Waals surface area contributed by atoms with Gasteiger partial charge in [0.1, 0.15) is 25.1 Å². The second kappa shape index (κ2) is 11.1. The Morgan fingerprint density at radius 2 is 1.86 bits per heavy atom. The highest BCUT2D eigenvalue weighted by Gasteiger charge is 2.10. The quantitative estimate of drug-likeness (QED) is 0.501. The topological polar surface area (TPSA) is 55.8 Å². The lowest BCUT2D eigenvalue weighted by molar-refractivity contribution is -0.147. The van der Waals surface area contributed by atoms with Gasteiger partial charge in [-0.2, -0.15) is 0 Å². The van der Waals surface area contributed by atoms with Crippen molar-refractivity contribution in [3.63, 3.8) is 0 Å². The number of aliphatic hydroxyl groups is 1. The summed E-state index contributed by atoms with van der Waals surface area (Å²) in [6.45, 7) is 4.21. The molecule has 0 aromatic heterocycles. The molecule has 0 amide bonds. The lowest BCUT2D eigenvalue weighted by Crippen LogP contribution is -2.25. The number of para-hydroxylation sites is 1.